The molecule has 0 aromatic carbocycles. The maximum atomic E-state index is 10.0. The van der Waals surface area contributed by atoms with Gasteiger partial charge in [0.05, 0.1) is 12.2 Å². The van der Waals surface area contributed by atoms with Crippen LogP contribution in [0.4, 0.5) is 0 Å². The van der Waals surface area contributed by atoms with E-state index in [9.17, 15) is 5.11 Å². The first-order chi connectivity index (χ1) is 8.84. The Balaban J connectivity index is 2.01. The molecule has 1 N–H and O–H groups in total. The highest BCUT2D eigenvalue weighted by molar-refractivity contribution is 4.72. The number of unbranched alkanes of at least 4 members (excludes halogenated alkanes) is 5. The summed E-state index contributed by atoms with van der Waals surface area (Å²) in [5.74, 6) is 0. The van der Waals surface area contributed by atoms with Crippen molar-refractivity contribution in [3.8, 4) is 0 Å². The molecule has 1 fully saturated rings. The van der Waals surface area contributed by atoms with Crippen molar-refractivity contribution in [2.45, 2.75) is 96.2 Å². The lowest BCUT2D eigenvalue weighted by Crippen LogP contribution is -2.30. The molecular weight excluding hydrogens is 224 g/mol. The molecule has 0 aromatic rings. The van der Waals surface area contributed by atoms with Crippen LogP contribution in [0.1, 0.15) is 84.0 Å². The van der Waals surface area contributed by atoms with Gasteiger partial charge < -0.3 is 9.84 Å². The van der Waals surface area contributed by atoms with E-state index in [1.54, 1.807) is 0 Å². The maximum absolute atomic E-state index is 10.0. The number of rotatable bonds is 8. The zero-order chi connectivity index (χ0) is 13.1. The second kappa shape index (κ2) is 10.8. The summed E-state index contributed by atoms with van der Waals surface area (Å²) in [7, 11) is 0. The average molecular weight is 256 g/mol. The Kier molecular flexibility index (Phi) is 9.59. The quantitative estimate of drug-likeness (QED) is 0.650. The number of aliphatic hydroxyl groups is 1. The molecule has 0 amide bonds. The molecule has 1 rings (SSSR count). The van der Waals surface area contributed by atoms with Gasteiger partial charge in [0.25, 0.3) is 0 Å². The minimum Gasteiger partial charge on any atom is -0.390 e. The normalized spacial score (nSPS) is 25.7. The highest BCUT2D eigenvalue weighted by Crippen LogP contribution is 2.20. The van der Waals surface area contributed by atoms with Gasteiger partial charge in [-0.3, -0.25) is 0 Å². The fraction of sp³-hybridized carbons (Fsp3) is 1.00. The van der Waals surface area contributed by atoms with Gasteiger partial charge in [0, 0.05) is 6.61 Å². The van der Waals surface area contributed by atoms with E-state index in [1.165, 1.54) is 51.4 Å². The summed E-state index contributed by atoms with van der Waals surface area (Å²) in [6.45, 7) is 3.09. The molecule has 0 saturated heterocycles. The van der Waals surface area contributed by atoms with Crippen LogP contribution in [0.5, 0.6) is 0 Å². The van der Waals surface area contributed by atoms with Crippen LogP contribution in [0.15, 0.2) is 0 Å². The Morgan fingerprint density at radius 3 is 2.33 bits per heavy atom. The molecule has 0 bridgehead atoms. The molecule has 0 spiro atoms. The topological polar surface area (TPSA) is 29.5 Å². The molecule has 0 heterocycles. The Morgan fingerprint density at radius 2 is 1.56 bits per heavy atom. The molecule has 2 atom stereocenters. The second-order valence-corrected chi connectivity index (χ2v) is 5.74. The SMILES string of the molecule is CCCCCCCCOC1CCCCCCC1O. The first-order valence-electron chi connectivity index (χ1n) is 8.14. The van der Waals surface area contributed by atoms with E-state index in [1.807, 2.05) is 0 Å². The van der Waals surface area contributed by atoms with Gasteiger partial charge in [-0.05, 0) is 19.3 Å². The highest BCUT2D eigenvalue weighted by atomic mass is 16.5. The van der Waals surface area contributed by atoms with E-state index in [2.05, 4.69) is 6.92 Å². The fourth-order valence-corrected chi connectivity index (χ4v) is 2.74. The highest BCUT2D eigenvalue weighted by Gasteiger charge is 2.20. The predicted molar refractivity (Wildman–Crippen MR) is 76.8 cm³/mol. The lowest BCUT2D eigenvalue weighted by Gasteiger charge is -2.25. The molecule has 0 aromatic heterocycles. The predicted octanol–water partition coefficient (Wildman–Crippen LogP) is 4.45. The molecule has 108 valence electrons. The molecule has 1 aliphatic rings. The van der Waals surface area contributed by atoms with Gasteiger partial charge in [0.2, 0.25) is 0 Å². The van der Waals surface area contributed by atoms with Gasteiger partial charge in [-0.15, -0.1) is 0 Å². The van der Waals surface area contributed by atoms with Crippen LogP contribution in [0.25, 0.3) is 0 Å². The third-order valence-corrected chi connectivity index (χ3v) is 4.00. The van der Waals surface area contributed by atoms with Gasteiger partial charge in [-0.25, -0.2) is 0 Å². The first kappa shape index (κ1) is 16.0. The van der Waals surface area contributed by atoms with Crippen molar-refractivity contribution in [3.05, 3.63) is 0 Å². The third kappa shape index (κ3) is 7.38. The zero-order valence-electron chi connectivity index (χ0n) is 12.2. The Morgan fingerprint density at radius 1 is 0.889 bits per heavy atom. The van der Waals surface area contributed by atoms with Gasteiger partial charge in [0.1, 0.15) is 0 Å². The van der Waals surface area contributed by atoms with E-state index in [0.29, 0.717) is 0 Å². The van der Waals surface area contributed by atoms with Gasteiger partial charge >= 0.3 is 0 Å². The van der Waals surface area contributed by atoms with E-state index in [4.69, 9.17) is 4.74 Å². The number of aliphatic hydroxyl groups excluding tert-OH is 1. The fourth-order valence-electron chi connectivity index (χ4n) is 2.74. The summed E-state index contributed by atoms with van der Waals surface area (Å²) in [6.07, 6.45) is 14.7. The molecule has 2 heteroatoms. The van der Waals surface area contributed by atoms with Crippen LogP contribution in [-0.2, 0) is 4.74 Å². The minimum atomic E-state index is -0.217. The molecule has 2 nitrogen and oxygen atoms in total. The van der Waals surface area contributed by atoms with Gasteiger partial charge in [-0.2, -0.15) is 0 Å². The zero-order valence-corrected chi connectivity index (χ0v) is 12.2. The number of hydrogen-bond acceptors (Lipinski definition) is 2. The lowest BCUT2D eigenvalue weighted by molar-refractivity contribution is -0.0502. The van der Waals surface area contributed by atoms with Crippen molar-refractivity contribution in [3.63, 3.8) is 0 Å². The maximum Gasteiger partial charge on any atom is 0.0833 e. The Hall–Kier alpha value is -0.0800. The lowest BCUT2D eigenvalue weighted by atomic mass is 9.96. The Bertz CT molecular complexity index is 182. The monoisotopic (exact) mass is 256 g/mol. The van der Waals surface area contributed by atoms with E-state index >= 15 is 0 Å². The van der Waals surface area contributed by atoms with Crippen LogP contribution in [0, 0.1) is 0 Å². The molecule has 1 saturated carbocycles. The molecular formula is C16H32O2. The van der Waals surface area contributed by atoms with Crippen molar-refractivity contribution in [2.75, 3.05) is 6.61 Å². The van der Waals surface area contributed by atoms with Crippen molar-refractivity contribution >= 4 is 0 Å². The first-order valence-corrected chi connectivity index (χ1v) is 8.14. The van der Waals surface area contributed by atoms with Crippen molar-refractivity contribution in [2.24, 2.45) is 0 Å². The molecule has 2 unspecified atom stereocenters. The van der Waals surface area contributed by atoms with Crippen LogP contribution in [-0.4, -0.2) is 23.9 Å². The van der Waals surface area contributed by atoms with Crippen LogP contribution in [0.3, 0.4) is 0 Å². The molecule has 18 heavy (non-hydrogen) atoms. The van der Waals surface area contributed by atoms with E-state index in [-0.39, 0.29) is 12.2 Å². The van der Waals surface area contributed by atoms with E-state index in [0.717, 1.165) is 32.3 Å². The van der Waals surface area contributed by atoms with Crippen molar-refractivity contribution in [1.29, 1.82) is 0 Å². The summed E-state index contributed by atoms with van der Waals surface area (Å²) in [4.78, 5) is 0. The molecule has 1 aliphatic carbocycles. The van der Waals surface area contributed by atoms with Gasteiger partial charge in [0.15, 0.2) is 0 Å². The second-order valence-electron chi connectivity index (χ2n) is 5.74. The smallest absolute Gasteiger partial charge is 0.0833 e. The summed E-state index contributed by atoms with van der Waals surface area (Å²) >= 11 is 0. The van der Waals surface area contributed by atoms with E-state index < -0.39 is 0 Å². The number of hydrogen-bond donors (Lipinski definition) is 1. The summed E-state index contributed by atoms with van der Waals surface area (Å²) in [5, 5.41) is 10.0. The third-order valence-electron chi connectivity index (χ3n) is 4.00. The largest absolute Gasteiger partial charge is 0.390 e. The van der Waals surface area contributed by atoms with Crippen LogP contribution >= 0.6 is 0 Å². The summed E-state index contributed by atoms with van der Waals surface area (Å²) in [5.41, 5.74) is 0. The van der Waals surface area contributed by atoms with Crippen LogP contribution in [0.2, 0.25) is 0 Å². The standard InChI is InChI=1S/C16H32O2/c1-2-3-4-5-8-11-14-18-16-13-10-7-6-9-12-15(16)17/h15-17H,2-14H2,1H3. The van der Waals surface area contributed by atoms with Crippen molar-refractivity contribution < 1.29 is 9.84 Å². The molecule has 0 aliphatic heterocycles. The average Bonchev–Trinajstić information content (AvgIpc) is 2.36. The Labute approximate surface area is 113 Å². The minimum absolute atomic E-state index is 0.112. The summed E-state index contributed by atoms with van der Waals surface area (Å²) < 4.78 is 5.89. The van der Waals surface area contributed by atoms with Crippen LogP contribution < -0.4 is 0 Å². The molecule has 0 radical (unpaired) electrons. The van der Waals surface area contributed by atoms with Gasteiger partial charge in [-0.1, -0.05) is 64.7 Å². The number of ether oxygens (including phenoxy) is 1. The summed E-state index contributed by atoms with van der Waals surface area (Å²) in [6, 6.07) is 0. The van der Waals surface area contributed by atoms with Crippen molar-refractivity contribution in [1.82, 2.24) is 0 Å².